The first-order valence-electron chi connectivity index (χ1n) is 6.75. The van der Waals surface area contributed by atoms with E-state index in [1.807, 2.05) is 0 Å². The molecule has 0 bridgehead atoms. The Balaban J connectivity index is 1.72. The van der Waals surface area contributed by atoms with Crippen LogP contribution in [-0.4, -0.2) is 50.8 Å². The van der Waals surface area contributed by atoms with Crippen LogP contribution in [0.2, 0.25) is 0 Å². The van der Waals surface area contributed by atoms with Crippen molar-refractivity contribution < 1.29 is 4.74 Å². The fraction of sp³-hybridized carbons (Fsp3) is 1.00. The second-order valence-corrected chi connectivity index (χ2v) is 5.48. The predicted molar refractivity (Wildman–Crippen MR) is 66.7 cm³/mol. The second kappa shape index (κ2) is 5.99. The van der Waals surface area contributed by atoms with E-state index >= 15 is 0 Å². The summed E-state index contributed by atoms with van der Waals surface area (Å²) < 4.78 is 5.55. The molecule has 2 rings (SSSR count). The Hall–Kier alpha value is -0.120. The lowest BCUT2D eigenvalue weighted by molar-refractivity contribution is 0.0364. The van der Waals surface area contributed by atoms with E-state index in [9.17, 15) is 0 Å². The van der Waals surface area contributed by atoms with Crippen LogP contribution >= 0.6 is 0 Å². The van der Waals surface area contributed by atoms with E-state index in [2.05, 4.69) is 24.3 Å². The molecule has 3 atom stereocenters. The minimum atomic E-state index is 0.745. The van der Waals surface area contributed by atoms with Gasteiger partial charge >= 0.3 is 0 Å². The molecular weight excluding hydrogens is 200 g/mol. The zero-order valence-electron chi connectivity index (χ0n) is 10.7. The number of ether oxygens (including phenoxy) is 1. The third kappa shape index (κ3) is 3.19. The Morgan fingerprint density at radius 3 is 2.81 bits per heavy atom. The molecule has 0 aromatic carbocycles. The Bertz CT molecular complexity index is 204. The molecule has 0 aromatic heterocycles. The topological polar surface area (TPSA) is 24.5 Å². The molecule has 1 saturated heterocycles. The zero-order valence-corrected chi connectivity index (χ0v) is 10.7. The van der Waals surface area contributed by atoms with Gasteiger partial charge in [0.1, 0.15) is 0 Å². The first-order chi connectivity index (χ1) is 7.79. The van der Waals surface area contributed by atoms with Gasteiger partial charge in [0.25, 0.3) is 0 Å². The molecule has 2 fully saturated rings. The molecule has 0 amide bonds. The van der Waals surface area contributed by atoms with Crippen molar-refractivity contribution in [1.29, 1.82) is 0 Å². The van der Waals surface area contributed by atoms with Crippen LogP contribution in [-0.2, 0) is 4.74 Å². The van der Waals surface area contributed by atoms with Crippen molar-refractivity contribution in [1.82, 2.24) is 10.2 Å². The van der Waals surface area contributed by atoms with Crippen LogP contribution in [0.25, 0.3) is 0 Å². The summed E-state index contributed by atoms with van der Waals surface area (Å²) in [6.07, 6.45) is 6.62. The van der Waals surface area contributed by atoms with Crippen LogP contribution in [0.3, 0.4) is 0 Å². The van der Waals surface area contributed by atoms with Crippen molar-refractivity contribution in [2.75, 3.05) is 33.9 Å². The van der Waals surface area contributed by atoms with Gasteiger partial charge in [-0.1, -0.05) is 0 Å². The van der Waals surface area contributed by atoms with Gasteiger partial charge in [0.2, 0.25) is 0 Å². The van der Waals surface area contributed by atoms with Gasteiger partial charge in [0, 0.05) is 25.2 Å². The average Bonchev–Trinajstić information content (AvgIpc) is 2.79. The molecule has 0 spiro atoms. The summed E-state index contributed by atoms with van der Waals surface area (Å²) in [6.45, 7) is 3.18. The fourth-order valence-electron chi connectivity index (χ4n) is 3.13. The summed E-state index contributed by atoms with van der Waals surface area (Å²) in [4.78, 5) is 2.57. The molecular formula is C13H26N2O. The Kier molecular flexibility index (Phi) is 4.62. The van der Waals surface area contributed by atoms with Gasteiger partial charge in [-0.3, -0.25) is 0 Å². The molecule has 2 aliphatic rings. The highest BCUT2D eigenvalue weighted by Gasteiger charge is 2.28. The minimum Gasteiger partial charge on any atom is -0.381 e. The minimum absolute atomic E-state index is 0.745. The lowest BCUT2D eigenvalue weighted by atomic mass is 10.0. The van der Waals surface area contributed by atoms with Crippen molar-refractivity contribution in [3.05, 3.63) is 0 Å². The zero-order chi connectivity index (χ0) is 11.4. The van der Waals surface area contributed by atoms with Gasteiger partial charge < -0.3 is 15.0 Å². The van der Waals surface area contributed by atoms with Gasteiger partial charge in [0.15, 0.2) is 0 Å². The van der Waals surface area contributed by atoms with E-state index in [0.717, 1.165) is 31.2 Å². The van der Waals surface area contributed by atoms with E-state index in [1.165, 1.54) is 38.6 Å². The first kappa shape index (κ1) is 12.3. The highest BCUT2D eigenvalue weighted by atomic mass is 16.5. The maximum atomic E-state index is 5.55. The smallest absolute Gasteiger partial charge is 0.0506 e. The number of rotatable bonds is 4. The molecule has 1 saturated carbocycles. The molecule has 1 heterocycles. The molecule has 0 aromatic rings. The molecule has 0 radical (unpaired) electrons. The SMILES string of the molecule is CNC1CCC(N(C)CC2CCCOC2)C1. The van der Waals surface area contributed by atoms with Crippen LogP contribution in [0.1, 0.15) is 32.1 Å². The van der Waals surface area contributed by atoms with Gasteiger partial charge in [-0.25, -0.2) is 0 Å². The monoisotopic (exact) mass is 226 g/mol. The summed E-state index contributed by atoms with van der Waals surface area (Å²) in [5.41, 5.74) is 0. The van der Waals surface area contributed by atoms with Crippen molar-refractivity contribution >= 4 is 0 Å². The maximum Gasteiger partial charge on any atom is 0.0506 e. The Morgan fingerprint density at radius 1 is 1.31 bits per heavy atom. The summed E-state index contributed by atoms with van der Waals surface area (Å²) in [5.74, 6) is 0.771. The highest BCUT2D eigenvalue weighted by molar-refractivity contribution is 4.85. The fourth-order valence-corrected chi connectivity index (χ4v) is 3.13. The number of nitrogens with one attached hydrogen (secondary N) is 1. The average molecular weight is 226 g/mol. The van der Waals surface area contributed by atoms with Gasteiger partial charge in [0.05, 0.1) is 6.61 Å². The first-order valence-corrected chi connectivity index (χ1v) is 6.75. The van der Waals surface area contributed by atoms with Gasteiger partial charge in [-0.2, -0.15) is 0 Å². The van der Waals surface area contributed by atoms with Crippen molar-refractivity contribution in [3.8, 4) is 0 Å². The normalized spacial score (nSPS) is 35.8. The van der Waals surface area contributed by atoms with E-state index in [1.54, 1.807) is 0 Å². The van der Waals surface area contributed by atoms with Gasteiger partial charge in [-0.05, 0) is 52.1 Å². The van der Waals surface area contributed by atoms with E-state index in [-0.39, 0.29) is 0 Å². The molecule has 3 nitrogen and oxygen atoms in total. The molecule has 94 valence electrons. The quantitative estimate of drug-likeness (QED) is 0.786. The third-order valence-corrected chi connectivity index (χ3v) is 4.24. The van der Waals surface area contributed by atoms with E-state index < -0.39 is 0 Å². The van der Waals surface area contributed by atoms with Crippen LogP contribution in [0, 0.1) is 5.92 Å². The van der Waals surface area contributed by atoms with Crippen molar-refractivity contribution in [2.45, 2.75) is 44.2 Å². The molecule has 3 heteroatoms. The third-order valence-electron chi connectivity index (χ3n) is 4.24. The van der Waals surface area contributed by atoms with Crippen LogP contribution in [0.5, 0.6) is 0 Å². The molecule has 1 N–H and O–H groups in total. The van der Waals surface area contributed by atoms with Crippen LogP contribution in [0.15, 0.2) is 0 Å². The summed E-state index contributed by atoms with van der Waals surface area (Å²) in [7, 11) is 4.37. The van der Waals surface area contributed by atoms with Crippen molar-refractivity contribution in [2.24, 2.45) is 5.92 Å². The summed E-state index contributed by atoms with van der Waals surface area (Å²) >= 11 is 0. The molecule has 1 aliphatic heterocycles. The molecule has 3 unspecified atom stereocenters. The largest absolute Gasteiger partial charge is 0.381 e. The maximum absolute atomic E-state index is 5.55. The van der Waals surface area contributed by atoms with Gasteiger partial charge in [-0.15, -0.1) is 0 Å². The summed E-state index contributed by atoms with van der Waals surface area (Å²) in [6, 6.07) is 1.54. The van der Waals surface area contributed by atoms with Crippen molar-refractivity contribution in [3.63, 3.8) is 0 Å². The second-order valence-electron chi connectivity index (χ2n) is 5.48. The predicted octanol–water partition coefficient (Wildman–Crippen LogP) is 1.49. The Labute approximate surface area is 99.5 Å². The molecule has 1 aliphatic carbocycles. The van der Waals surface area contributed by atoms with Crippen LogP contribution < -0.4 is 5.32 Å². The summed E-state index contributed by atoms with van der Waals surface area (Å²) in [5, 5.41) is 3.40. The number of hydrogen-bond acceptors (Lipinski definition) is 3. The number of hydrogen-bond donors (Lipinski definition) is 1. The van der Waals surface area contributed by atoms with Crippen LogP contribution in [0.4, 0.5) is 0 Å². The molecule has 16 heavy (non-hydrogen) atoms. The lowest BCUT2D eigenvalue weighted by Crippen LogP contribution is -2.37. The highest BCUT2D eigenvalue weighted by Crippen LogP contribution is 2.25. The standard InChI is InChI=1S/C13H26N2O/c1-14-12-5-6-13(8-12)15(2)9-11-4-3-7-16-10-11/h11-14H,3-10H2,1-2H3. The number of nitrogens with zero attached hydrogens (tertiary/aromatic N) is 1. The van der Waals surface area contributed by atoms with E-state index in [4.69, 9.17) is 4.74 Å². The lowest BCUT2D eigenvalue weighted by Gasteiger charge is -2.31. The Morgan fingerprint density at radius 2 is 2.19 bits per heavy atom. The van der Waals surface area contributed by atoms with E-state index in [0.29, 0.717) is 0 Å².